The molecule has 1 saturated carbocycles. The number of aromatic hydroxyl groups is 1. The van der Waals surface area contributed by atoms with Crippen molar-refractivity contribution >= 4 is 11.7 Å². The van der Waals surface area contributed by atoms with Gasteiger partial charge >= 0.3 is 5.97 Å². The standard InChI is InChI=1S/C14H17NO3/c1-15-7-4-9-11(15)3-2-10(13(9)18)14(5-6-14)8-12(16)17/h2-3,18H,4-8H2,1H3,(H,16,17). The molecule has 2 aliphatic rings. The second-order valence-electron chi connectivity index (χ2n) is 5.48. The molecule has 3 rings (SSSR count). The van der Waals surface area contributed by atoms with Gasteiger partial charge in [0.2, 0.25) is 0 Å². The fourth-order valence-corrected chi connectivity index (χ4v) is 3.04. The van der Waals surface area contributed by atoms with Gasteiger partial charge in [-0.25, -0.2) is 0 Å². The fourth-order valence-electron chi connectivity index (χ4n) is 3.04. The van der Waals surface area contributed by atoms with Crippen LogP contribution in [0.5, 0.6) is 5.75 Å². The van der Waals surface area contributed by atoms with Crippen LogP contribution in [0.1, 0.15) is 30.4 Å². The van der Waals surface area contributed by atoms with E-state index < -0.39 is 5.97 Å². The van der Waals surface area contributed by atoms with Crippen molar-refractivity contribution in [2.45, 2.75) is 31.1 Å². The second-order valence-corrected chi connectivity index (χ2v) is 5.48. The summed E-state index contributed by atoms with van der Waals surface area (Å²) < 4.78 is 0. The third kappa shape index (κ3) is 1.55. The molecule has 1 aliphatic heterocycles. The fraction of sp³-hybridized carbons (Fsp3) is 0.500. The van der Waals surface area contributed by atoms with Crippen molar-refractivity contribution in [1.29, 1.82) is 0 Å². The van der Waals surface area contributed by atoms with Gasteiger partial charge < -0.3 is 15.1 Å². The number of carboxylic acid groups (broad SMARTS) is 1. The zero-order chi connectivity index (χ0) is 12.9. The number of phenols is 1. The number of fused-ring (bicyclic) bond motifs is 1. The zero-order valence-electron chi connectivity index (χ0n) is 10.4. The normalized spacial score (nSPS) is 19.7. The Kier molecular flexibility index (Phi) is 2.30. The van der Waals surface area contributed by atoms with Crippen LogP contribution in [0.2, 0.25) is 0 Å². The topological polar surface area (TPSA) is 60.8 Å². The van der Waals surface area contributed by atoms with Gasteiger partial charge in [-0.15, -0.1) is 0 Å². The second kappa shape index (κ2) is 3.64. The van der Waals surface area contributed by atoms with Crippen LogP contribution in [-0.2, 0) is 16.6 Å². The molecular weight excluding hydrogens is 230 g/mol. The molecule has 0 radical (unpaired) electrons. The zero-order valence-corrected chi connectivity index (χ0v) is 10.4. The van der Waals surface area contributed by atoms with Crippen LogP contribution in [0.3, 0.4) is 0 Å². The van der Waals surface area contributed by atoms with Crippen molar-refractivity contribution < 1.29 is 15.0 Å². The summed E-state index contributed by atoms with van der Waals surface area (Å²) in [7, 11) is 2.01. The minimum atomic E-state index is -0.787. The van der Waals surface area contributed by atoms with Crippen LogP contribution < -0.4 is 4.90 Å². The quantitative estimate of drug-likeness (QED) is 0.856. The van der Waals surface area contributed by atoms with E-state index in [1.165, 1.54) is 0 Å². The number of benzene rings is 1. The predicted molar refractivity (Wildman–Crippen MR) is 68.2 cm³/mol. The van der Waals surface area contributed by atoms with Crippen molar-refractivity contribution in [2.75, 3.05) is 18.5 Å². The molecule has 18 heavy (non-hydrogen) atoms. The molecule has 0 aromatic heterocycles. The first-order valence-electron chi connectivity index (χ1n) is 6.32. The molecule has 0 saturated heterocycles. The third-order valence-corrected chi connectivity index (χ3v) is 4.28. The van der Waals surface area contributed by atoms with Gasteiger partial charge in [0.05, 0.1) is 6.42 Å². The molecular formula is C14H17NO3. The molecule has 1 aliphatic carbocycles. The summed E-state index contributed by atoms with van der Waals surface area (Å²) in [4.78, 5) is 13.1. The van der Waals surface area contributed by atoms with Crippen LogP contribution in [0.4, 0.5) is 5.69 Å². The van der Waals surface area contributed by atoms with E-state index in [1.807, 2.05) is 19.2 Å². The number of aliphatic carboxylic acids is 1. The van der Waals surface area contributed by atoms with Crippen molar-refractivity contribution in [1.82, 2.24) is 0 Å². The lowest BCUT2D eigenvalue weighted by molar-refractivity contribution is -0.137. The average Bonchev–Trinajstić information content (AvgIpc) is 2.96. The Hall–Kier alpha value is -1.71. The molecule has 96 valence electrons. The molecule has 0 spiro atoms. The minimum absolute atomic E-state index is 0.120. The number of likely N-dealkylation sites (N-methyl/N-ethyl adjacent to an activating group) is 1. The molecule has 1 aromatic carbocycles. The van der Waals surface area contributed by atoms with E-state index in [0.717, 1.165) is 42.6 Å². The first-order valence-corrected chi connectivity index (χ1v) is 6.32. The Morgan fingerprint density at radius 2 is 2.17 bits per heavy atom. The van der Waals surface area contributed by atoms with E-state index in [0.29, 0.717) is 5.75 Å². The summed E-state index contributed by atoms with van der Waals surface area (Å²) in [5, 5.41) is 19.4. The maximum atomic E-state index is 10.9. The lowest BCUT2D eigenvalue weighted by Crippen LogP contribution is -2.14. The molecule has 0 amide bonds. The van der Waals surface area contributed by atoms with Gasteiger partial charge in [-0.05, 0) is 25.3 Å². The van der Waals surface area contributed by atoms with E-state index in [9.17, 15) is 9.90 Å². The van der Waals surface area contributed by atoms with Crippen LogP contribution in [-0.4, -0.2) is 29.8 Å². The number of hydrogen-bond acceptors (Lipinski definition) is 3. The van der Waals surface area contributed by atoms with E-state index in [2.05, 4.69) is 4.90 Å². The summed E-state index contributed by atoms with van der Waals surface area (Å²) in [5.74, 6) is -0.458. The Labute approximate surface area is 106 Å². The number of nitrogens with zero attached hydrogens (tertiary/aromatic N) is 1. The summed E-state index contributed by atoms with van der Waals surface area (Å²) in [6.07, 6.45) is 2.69. The highest BCUT2D eigenvalue weighted by Crippen LogP contribution is 2.55. The molecule has 2 N–H and O–H groups in total. The number of phenolic OH excluding ortho intramolecular Hbond substituents is 1. The molecule has 4 nitrogen and oxygen atoms in total. The maximum absolute atomic E-state index is 10.9. The number of hydrogen-bond donors (Lipinski definition) is 2. The van der Waals surface area contributed by atoms with Gasteiger partial charge in [0.25, 0.3) is 0 Å². The molecule has 0 atom stereocenters. The summed E-state index contributed by atoms with van der Waals surface area (Å²) in [6, 6.07) is 3.92. The highest BCUT2D eigenvalue weighted by atomic mass is 16.4. The number of carboxylic acids is 1. The van der Waals surface area contributed by atoms with Crippen molar-refractivity contribution in [2.24, 2.45) is 0 Å². The molecule has 1 fully saturated rings. The van der Waals surface area contributed by atoms with Crippen molar-refractivity contribution in [3.63, 3.8) is 0 Å². The highest BCUT2D eigenvalue weighted by molar-refractivity contribution is 5.72. The van der Waals surface area contributed by atoms with Crippen LogP contribution in [0.15, 0.2) is 12.1 Å². The van der Waals surface area contributed by atoms with Crippen molar-refractivity contribution in [3.05, 3.63) is 23.3 Å². The summed E-state index contributed by atoms with van der Waals surface area (Å²) in [6.45, 7) is 0.915. The van der Waals surface area contributed by atoms with Crippen molar-refractivity contribution in [3.8, 4) is 5.75 Å². The number of anilines is 1. The van der Waals surface area contributed by atoms with E-state index in [1.54, 1.807) is 0 Å². The molecule has 1 heterocycles. The van der Waals surface area contributed by atoms with Gasteiger partial charge in [0.15, 0.2) is 0 Å². The highest BCUT2D eigenvalue weighted by Gasteiger charge is 2.48. The average molecular weight is 247 g/mol. The Balaban J connectivity index is 2.02. The Morgan fingerprint density at radius 3 is 2.78 bits per heavy atom. The number of carbonyl (C=O) groups is 1. The van der Waals surface area contributed by atoms with E-state index >= 15 is 0 Å². The maximum Gasteiger partial charge on any atom is 0.304 e. The third-order valence-electron chi connectivity index (χ3n) is 4.28. The molecule has 1 aromatic rings. The van der Waals surface area contributed by atoms with Crippen LogP contribution >= 0.6 is 0 Å². The van der Waals surface area contributed by atoms with E-state index in [4.69, 9.17) is 5.11 Å². The largest absolute Gasteiger partial charge is 0.507 e. The Morgan fingerprint density at radius 1 is 1.44 bits per heavy atom. The van der Waals surface area contributed by atoms with Crippen LogP contribution in [0.25, 0.3) is 0 Å². The van der Waals surface area contributed by atoms with Gasteiger partial charge in [-0.3, -0.25) is 4.79 Å². The van der Waals surface area contributed by atoms with E-state index in [-0.39, 0.29) is 11.8 Å². The molecule has 0 bridgehead atoms. The smallest absolute Gasteiger partial charge is 0.304 e. The first kappa shape index (κ1) is 11.4. The number of rotatable bonds is 3. The van der Waals surface area contributed by atoms with Gasteiger partial charge in [0, 0.05) is 35.8 Å². The van der Waals surface area contributed by atoms with Gasteiger partial charge in [-0.1, -0.05) is 6.07 Å². The molecule has 4 heteroatoms. The molecule has 0 unspecified atom stereocenters. The predicted octanol–water partition coefficient (Wildman–Crippen LogP) is 1.89. The first-order chi connectivity index (χ1) is 8.53. The van der Waals surface area contributed by atoms with Gasteiger partial charge in [0.1, 0.15) is 5.75 Å². The summed E-state index contributed by atoms with van der Waals surface area (Å²) >= 11 is 0. The minimum Gasteiger partial charge on any atom is -0.507 e. The van der Waals surface area contributed by atoms with Gasteiger partial charge in [-0.2, -0.15) is 0 Å². The monoisotopic (exact) mass is 247 g/mol. The lowest BCUT2D eigenvalue weighted by atomic mass is 9.89. The summed E-state index contributed by atoms with van der Waals surface area (Å²) in [5.41, 5.74) is 2.57. The lowest BCUT2D eigenvalue weighted by Gasteiger charge is -2.18. The SMILES string of the molecule is CN1CCc2c1ccc(C1(CC(=O)O)CC1)c2O. The Bertz CT molecular complexity index is 520. The van der Waals surface area contributed by atoms with Crippen LogP contribution in [0, 0.1) is 0 Å².